The molecule has 0 bridgehead atoms. The summed E-state index contributed by atoms with van der Waals surface area (Å²) in [4.78, 5) is 11.4. The van der Waals surface area contributed by atoms with Crippen LogP contribution in [0.2, 0.25) is 0 Å². The van der Waals surface area contributed by atoms with Crippen LogP contribution in [0.25, 0.3) is 0 Å². The maximum absolute atomic E-state index is 11.4. The Labute approximate surface area is 98.8 Å². The second-order valence-corrected chi connectivity index (χ2v) is 4.86. The fourth-order valence-electron chi connectivity index (χ4n) is 1.43. The van der Waals surface area contributed by atoms with Crippen LogP contribution in [0.15, 0.2) is 0 Å². The lowest BCUT2D eigenvalue weighted by Gasteiger charge is -2.12. The van der Waals surface area contributed by atoms with Crippen molar-refractivity contribution in [2.45, 2.75) is 70.7 Å². The van der Waals surface area contributed by atoms with Gasteiger partial charge in [-0.2, -0.15) is 0 Å². The topological polar surface area (TPSA) is 29.1 Å². The van der Waals surface area contributed by atoms with Crippen LogP contribution in [-0.4, -0.2) is 17.3 Å². The van der Waals surface area contributed by atoms with Crippen LogP contribution in [0.4, 0.5) is 0 Å². The van der Waals surface area contributed by atoms with Crippen molar-refractivity contribution >= 4 is 17.5 Å². The monoisotopic (exact) mass is 233 g/mol. The van der Waals surface area contributed by atoms with Crippen molar-refractivity contribution in [1.82, 2.24) is 5.32 Å². The summed E-state index contributed by atoms with van der Waals surface area (Å²) in [6.07, 6.45) is 6.82. The molecule has 0 rings (SSSR count). The average Bonchev–Trinajstić information content (AvgIpc) is 2.16. The van der Waals surface area contributed by atoms with E-state index in [-0.39, 0.29) is 17.3 Å². The second kappa shape index (κ2) is 9.02. The van der Waals surface area contributed by atoms with E-state index in [4.69, 9.17) is 11.6 Å². The molecule has 0 heterocycles. The van der Waals surface area contributed by atoms with Crippen molar-refractivity contribution in [2.24, 2.45) is 0 Å². The molecule has 0 spiro atoms. The highest BCUT2D eigenvalue weighted by molar-refractivity contribution is 6.30. The summed E-state index contributed by atoms with van der Waals surface area (Å²) in [6, 6.07) is 0.179. The van der Waals surface area contributed by atoms with Crippen molar-refractivity contribution in [3.8, 4) is 0 Å². The largest absolute Gasteiger partial charge is 0.353 e. The zero-order valence-electron chi connectivity index (χ0n) is 10.2. The number of amides is 1. The molecule has 0 aromatic rings. The Morgan fingerprint density at radius 1 is 1.20 bits per heavy atom. The Bertz CT molecular complexity index is 171. The van der Waals surface area contributed by atoms with Gasteiger partial charge in [0, 0.05) is 6.04 Å². The molecule has 15 heavy (non-hydrogen) atoms. The molecule has 3 heteroatoms. The van der Waals surface area contributed by atoms with Crippen molar-refractivity contribution in [2.75, 3.05) is 0 Å². The molecule has 1 unspecified atom stereocenters. The van der Waals surface area contributed by atoms with Crippen LogP contribution in [0.1, 0.15) is 59.3 Å². The van der Waals surface area contributed by atoms with E-state index in [1.807, 2.05) is 13.8 Å². The van der Waals surface area contributed by atoms with E-state index in [0.717, 1.165) is 12.8 Å². The molecule has 1 N–H and O–H groups in total. The van der Waals surface area contributed by atoms with Crippen molar-refractivity contribution in [3.63, 3.8) is 0 Å². The summed E-state index contributed by atoms with van der Waals surface area (Å²) in [5.74, 6) is -0.0258. The first-order valence-electron chi connectivity index (χ1n) is 6.02. The molecule has 0 radical (unpaired) electrons. The fraction of sp³-hybridized carbons (Fsp3) is 0.917. The molecule has 0 saturated carbocycles. The van der Waals surface area contributed by atoms with Gasteiger partial charge in [0.05, 0.1) is 0 Å². The van der Waals surface area contributed by atoms with Crippen LogP contribution < -0.4 is 5.32 Å². The number of alkyl halides is 1. The minimum atomic E-state index is -0.353. The van der Waals surface area contributed by atoms with Crippen LogP contribution in [0.5, 0.6) is 0 Å². The number of hydrogen-bond acceptors (Lipinski definition) is 1. The zero-order chi connectivity index (χ0) is 11.7. The summed E-state index contributed by atoms with van der Waals surface area (Å²) in [5, 5.41) is 2.47. The van der Waals surface area contributed by atoms with E-state index in [1.54, 1.807) is 0 Å². The average molecular weight is 234 g/mol. The number of unbranched alkanes of at least 4 members (excludes halogenated alkanes) is 4. The van der Waals surface area contributed by atoms with Gasteiger partial charge in [-0.25, -0.2) is 0 Å². The third kappa shape index (κ3) is 8.73. The predicted octanol–water partition coefficient (Wildman–Crippen LogP) is 3.48. The summed E-state index contributed by atoms with van der Waals surface area (Å²) in [7, 11) is 0. The minimum absolute atomic E-state index is 0.0258. The van der Waals surface area contributed by atoms with Gasteiger partial charge < -0.3 is 5.32 Å². The molecular formula is C12H24ClNO. The van der Waals surface area contributed by atoms with Crippen LogP contribution in [-0.2, 0) is 4.79 Å². The SMILES string of the molecule is CCCCCCCC(Cl)C(=O)NC(C)C. The Balaban J connectivity index is 3.47. The molecule has 0 aromatic carbocycles. The first-order chi connectivity index (χ1) is 7.07. The lowest BCUT2D eigenvalue weighted by Crippen LogP contribution is -2.36. The van der Waals surface area contributed by atoms with E-state index < -0.39 is 0 Å². The summed E-state index contributed by atoms with van der Waals surface area (Å²) in [6.45, 7) is 6.09. The third-order valence-electron chi connectivity index (χ3n) is 2.28. The van der Waals surface area contributed by atoms with E-state index in [1.165, 1.54) is 25.7 Å². The third-order valence-corrected chi connectivity index (χ3v) is 2.69. The van der Waals surface area contributed by atoms with Gasteiger partial charge >= 0.3 is 0 Å². The molecule has 0 aromatic heterocycles. The number of halogens is 1. The Morgan fingerprint density at radius 3 is 2.33 bits per heavy atom. The maximum Gasteiger partial charge on any atom is 0.238 e. The van der Waals surface area contributed by atoms with E-state index in [0.29, 0.717) is 0 Å². The number of carbonyl (C=O) groups excluding carboxylic acids is 1. The highest BCUT2D eigenvalue weighted by Crippen LogP contribution is 2.11. The number of carbonyl (C=O) groups is 1. The molecule has 0 aliphatic heterocycles. The number of nitrogens with one attached hydrogen (secondary N) is 1. The fourth-order valence-corrected chi connectivity index (χ4v) is 1.65. The summed E-state index contributed by atoms with van der Waals surface area (Å²) >= 11 is 5.98. The van der Waals surface area contributed by atoms with Crippen LogP contribution in [0, 0.1) is 0 Å². The molecule has 0 saturated heterocycles. The highest BCUT2D eigenvalue weighted by atomic mass is 35.5. The first kappa shape index (κ1) is 14.8. The molecule has 0 fully saturated rings. The van der Waals surface area contributed by atoms with Gasteiger partial charge in [-0.3, -0.25) is 4.79 Å². The molecule has 0 aliphatic carbocycles. The zero-order valence-corrected chi connectivity index (χ0v) is 10.9. The van der Waals surface area contributed by atoms with Crippen molar-refractivity contribution < 1.29 is 4.79 Å². The molecule has 1 atom stereocenters. The van der Waals surface area contributed by atoms with Gasteiger partial charge in [0.2, 0.25) is 5.91 Å². The standard InChI is InChI=1S/C12H24ClNO/c1-4-5-6-7-8-9-11(13)12(15)14-10(2)3/h10-11H,4-9H2,1-3H3,(H,14,15). The number of rotatable bonds is 8. The van der Waals surface area contributed by atoms with Gasteiger partial charge in [0.15, 0.2) is 0 Å². The smallest absolute Gasteiger partial charge is 0.238 e. The highest BCUT2D eigenvalue weighted by Gasteiger charge is 2.14. The van der Waals surface area contributed by atoms with Gasteiger partial charge in [0.1, 0.15) is 5.38 Å². The lowest BCUT2D eigenvalue weighted by atomic mass is 10.1. The normalized spacial score (nSPS) is 12.9. The predicted molar refractivity (Wildman–Crippen MR) is 66.3 cm³/mol. The molecule has 90 valence electrons. The molecule has 2 nitrogen and oxygen atoms in total. The second-order valence-electron chi connectivity index (χ2n) is 4.33. The molecule has 1 amide bonds. The van der Waals surface area contributed by atoms with Crippen LogP contribution >= 0.6 is 11.6 Å². The number of hydrogen-bond donors (Lipinski definition) is 1. The van der Waals surface area contributed by atoms with E-state index in [2.05, 4.69) is 12.2 Å². The van der Waals surface area contributed by atoms with E-state index >= 15 is 0 Å². The lowest BCUT2D eigenvalue weighted by molar-refractivity contribution is -0.121. The van der Waals surface area contributed by atoms with Crippen molar-refractivity contribution in [3.05, 3.63) is 0 Å². The Morgan fingerprint density at radius 2 is 1.80 bits per heavy atom. The van der Waals surface area contributed by atoms with Gasteiger partial charge in [-0.15, -0.1) is 11.6 Å². The Kier molecular flexibility index (Phi) is 8.88. The van der Waals surface area contributed by atoms with Crippen molar-refractivity contribution in [1.29, 1.82) is 0 Å². The maximum atomic E-state index is 11.4. The van der Waals surface area contributed by atoms with E-state index in [9.17, 15) is 4.79 Å². The molecular weight excluding hydrogens is 210 g/mol. The first-order valence-corrected chi connectivity index (χ1v) is 6.46. The summed E-state index contributed by atoms with van der Waals surface area (Å²) in [5.41, 5.74) is 0. The molecule has 0 aliphatic rings. The van der Waals surface area contributed by atoms with Gasteiger partial charge in [-0.05, 0) is 20.3 Å². The quantitative estimate of drug-likeness (QED) is 0.505. The van der Waals surface area contributed by atoms with Gasteiger partial charge in [-0.1, -0.05) is 39.0 Å². The van der Waals surface area contributed by atoms with Crippen LogP contribution in [0.3, 0.4) is 0 Å². The van der Waals surface area contributed by atoms with Gasteiger partial charge in [0.25, 0.3) is 0 Å². The Hall–Kier alpha value is -0.240. The minimum Gasteiger partial charge on any atom is -0.353 e. The summed E-state index contributed by atoms with van der Waals surface area (Å²) < 4.78 is 0.